The molecule has 1 amide bonds. The SMILES string of the molecule is COC(=O)c1ccc2ccn(Cc3ccc(NC(C)=O)cc3)c2n1. The van der Waals surface area contributed by atoms with Gasteiger partial charge >= 0.3 is 5.97 Å². The number of carbonyl (C=O) groups is 2. The van der Waals surface area contributed by atoms with Crippen LogP contribution in [0.2, 0.25) is 0 Å². The summed E-state index contributed by atoms with van der Waals surface area (Å²) in [5.41, 5.74) is 2.83. The highest BCUT2D eigenvalue weighted by atomic mass is 16.5. The summed E-state index contributed by atoms with van der Waals surface area (Å²) < 4.78 is 6.69. The van der Waals surface area contributed by atoms with Crippen molar-refractivity contribution in [3.63, 3.8) is 0 Å². The molecule has 0 aliphatic carbocycles. The molecule has 2 heterocycles. The van der Waals surface area contributed by atoms with Gasteiger partial charge in [0.1, 0.15) is 5.65 Å². The summed E-state index contributed by atoms with van der Waals surface area (Å²) in [7, 11) is 1.34. The maximum Gasteiger partial charge on any atom is 0.356 e. The molecule has 0 bridgehead atoms. The van der Waals surface area contributed by atoms with E-state index in [9.17, 15) is 9.59 Å². The number of amides is 1. The fourth-order valence-electron chi connectivity index (χ4n) is 2.50. The molecule has 2 aromatic heterocycles. The van der Waals surface area contributed by atoms with Crippen molar-refractivity contribution < 1.29 is 14.3 Å². The minimum atomic E-state index is -0.454. The maximum atomic E-state index is 11.6. The summed E-state index contributed by atoms with van der Waals surface area (Å²) in [4.78, 5) is 27.1. The maximum absolute atomic E-state index is 11.6. The van der Waals surface area contributed by atoms with Gasteiger partial charge in [-0.1, -0.05) is 12.1 Å². The van der Waals surface area contributed by atoms with Crippen molar-refractivity contribution in [3.8, 4) is 0 Å². The highest BCUT2D eigenvalue weighted by Gasteiger charge is 2.10. The van der Waals surface area contributed by atoms with Gasteiger partial charge in [-0.05, 0) is 35.9 Å². The summed E-state index contributed by atoms with van der Waals surface area (Å²) >= 11 is 0. The van der Waals surface area contributed by atoms with E-state index in [0.29, 0.717) is 6.54 Å². The molecule has 0 aliphatic heterocycles. The van der Waals surface area contributed by atoms with Gasteiger partial charge in [-0.25, -0.2) is 9.78 Å². The van der Waals surface area contributed by atoms with E-state index in [-0.39, 0.29) is 11.6 Å². The molecule has 6 nitrogen and oxygen atoms in total. The number of aromatic nitrogens is 2. The number of hydrogen-bond acceptors (Lipinski definition) is 4. The number of hydrogen-bond donors (Lipinski definition) is 1. The number of carbonyl (C=O) groups excluding carboxylic acids is 2. The fraction of sp³-hybridized carbons (Fsp3) is 0.167. The molecule has 3 rings (SSSR count). The van der Waals surface area contributed by atoms with Crippen LogP contribution in [-0.4, -0.2) is 28.5 Å². The summed E-state index contributed by atoms with van der Waals surface area (Å²) in [6.45, 7) is 2.09. The highest BCUT2D eigenvalue weighted by Crippen LogP contribution is 2.17. The molecule has 1 aromatic carbocycles. The van der Waals surface area contributed by atoms with Gasteiger partial charge in [-0.15, -0.1) is 0 Å². The minimum Gasteiger partial charge on any atom is -0.464 e. The van der Waals surface area contributed by atoms with E-state index in [1.807, 2.05) is 47.2 Å². The van der Waals surface area contributed by atoms with Crippen molar-refractivity contribution >= 4 is 28.6 Å². The lowest BCUT2D eigenvalue weighted by atomic mass is 10.2. The lowest BCUT2D eigenvalue weighted by Crippen LogP contribution is -2.07. The van der Waals surface area contributed by atoms with Crippen LogP contribution in [0.4, 0.5) is 5.69 Å². The van der Waals surface area contributed by atoms with Gasteiger partial charge in [0, 0.05) is 30.7 Å². The highest BCUT2D eigenvalue weighted by molar-refractivity contribution is 5.90. The van der Waals surface area contributed by atoms with Gasteiger partial charge in [0.15, 0.2) is 5.69 Å². The first kappa shape index (κ1) is 15.7. The van der Waals surface area contributed by atoms with Gasteiger partial charge < -0.3 is 14.6 Å². The van der Waals surface area contributed by atoms with Crippen molar-refractivity contribution in [2.75, 3.05) is 12.4 Å². The lowest BCUT2D eigenvalue weighted by Gasteiger charge is -2.07. The Balaban J connectivity index is 1.86. The Bertz CT molecular complexity index is 898. The van der Waals surface area contributed by atoms with Crippen molar-refractivity contribution in [2.45, 2.75) is 13.5 Å². The number of esters is 1. The van der Waals surface area contributed by atoms with E-state index in [2.05, 4.69) is 10.3 Å². The molecule has 0 aliphatic rings. The molecular formula is C18H17N3O3. The molecular weight excluding hydrogens is 306 g/mol. The molecule has 122 valence electrons. The second-order valence-electron chi connectivity index (χ2n) is 5.42. The average molecular weight is 323 g/mol. The van der Waals surface area contributed by atoms with Crippen LogP contribution in [0.25, 0.3) is 11.0 Å². The van der Waals surface area contributed by atoms with Gasteiger partial charge in [-0.3, -0.25) is 4.79 Å². The van der Waals surface area contributed by atoms with E-state index in [0.717, 1.165) is 22.3 Å². The number of rotatable bonds is 4. The van der Waals surface area contributed by atoms with Crippen molar-refractivity contribution in [1.29, 1.82) is 0 Å². The summed E-state index contributed by atoms with van der Waals surface area (Å²) in [5.74, 6) is -0.553. The van der Waals surface area contributed by atoms with E-state index in [4.69, 9.17) is 4.74 Å². The molecule has 0 saturated carbocycles. The van der Waals surface area contributed by atoms with Gasteiger partial charge in [0.05, 0.1) is 7.11 Å². The Morgan fingerprint density at radius 3 is 2.54 bits per heavy atom. The number of fused-ring (bicyclic) bond motifs is 1. The third-order valence-electron chi connectivity index (χ3n) is 3.63. The molecule has 1 N–H and O–H groups in total. The summed E-state index contributed by atoms with van der Waals surface area (Å²) in [6.07, 6.45) is 1.93. The quantitative estimate of drug-likeness (QED) is 0.749. The van der Waals surface area contributed by atoms with Gasteiger partial charge in [0.25, 0.3) is 0 Å². The number of nitrogens with one attached hydrogen (secondary N) is 1. The standard InChI is InChI=1S/C18H17N3O3/c1-12(22)19-15-6-3-13(4-7-15)11-21-10-9-14-5-8-16(18(23)24-2)20-17(14)21/h3-10H,11H2,1-2H3,(H,19,22). The topological polar surface area (TPSA) is 73.2 Å². The largest absolute Gasteiger partial charge is 0.464 e. The van der Waals surface area contributed by atoms with Crippen LogP contribution >= 0.6 is 0 Å². The number of ether oxygens (including phenoxy) is 1. The van der Waals surface area contributed by atoms with Gasteiger partial charge in [0.2, 0.25) is 5.91 Å². The number of anilines is 1. The second kappa shape index (κ2) is 6.54. The predicted molar refractivity (Wildman–Crippen MR) is 90.9 cm³/mol. The average Bonchev–Trinajstić information content (AvgIpc) is 2.97. The molecule has 6 heteroatoms. The zero-order valence-electron chi connectivity index (χ0n) is 13.4. The Hall–Kier alpha value is -3.15. The Morgan fingerprint density at radius 1 is 1.12 bits per heavy atom. The van der Waals surface area contributed by atoms with Crippen LogP contribution in [0, 0.1) is 0 Å². The molecule has 0 fully saturated rings. The van der Waals surface area contributed by atoms with E-state index in [1.54, 1.807) is 6.07 Å². The normalized spacial score (nSPS) is 10.6. The number of nitrogens with zero attached hydrogens (tertiary/aromatic N) is 2. The molecule has 0 atom stereocenters. The van der Waals surface area contributed by atoms with E-state index < -0.39 is 5.97 Å². The van der Waals surface area contributed by atoms with Crippen molar-refractivity contribution in [2.24, 2.45) is 0 Å². The van der Waals surface area contributed by atoms with Crippen molar-refractivity contribution in [3.05, 3.63) is 59.9 Å². The van der Waals surface area contributed by atoms with Crippen LogP contribution in [0.3, 0.4) is 0 Å². The Morgan fingerprint density at radius 2 is 1.88 bits per heavy atom. The Kier molecular flexibility index (Phi) is 4.29. The molecule has 0 saturated heterocycles. The first-order valence-corrected chi connectivity index (χ1v) is 7.47. The van der Waals surface area contributed by atoms with Crippen molar-refractivity contribution in [1.82, 2.24) is 9.55 Å². The van der Waals surface area contributed by atoms with Crippen LogP contribution in [0.1, 0.15) is 23.0 Å². The molecule has 24 heavy (non-hydrogen) atoms. The molecule has 3 aromatic rings. The second-order valence-corrected chi connectivity index (χ2v) is 5.42. The smallest absolute Gasteiger partial charge is 0.356 e. The zero-order valence-corrected chi connectivity index (χ0v) is 13.4. The van der Waals surface area contributed by atoms with Crippen LogP contribution < -0.4 is 5.32 Å². The predicted octanol–water partition coefficient (Wildman–Crippen LogP) is 2.83. The third-order valence-corrected chi connectivity index (χ3v) is 3.63. The molecule has 0 radical (unpaired) electrons. The van der Waals surface area contributed by atoms with Crippen LogP contribution in [0.15, 0.2) is 48.7 Å². The fourth-order valence-corrected chi connectivity index (χ4v) is 2.50. The monoisotopic (exact) mass is 323 g/mol. The van der Waals surface area contributed by atoms with Crippen LogP contribution in [0.5, 0.6) is 0 Å². The van der Waals surface area contributed by atoms with Gasteiger partial charge in [-0.2, -0.15) is 0 Å². The lowest BCUT2D eigenvalue weighted by molar-refractivity contribution is -0.114. The molecule has 0 unspecified atom stereocenters. The number of benzene rings is 1. The number of pyridine rings is 1. The third kappa shape index (κ3) is 3.27. The van der Waals surface area contributed by atoms with E-state index >= 15 is 0 Å². The number of methoxy groups -OCH3 is 1. The minimum absolute atomic E-state index is 0.0984. The first-order valence-electron chi connectivity index (χ1n) is 7.47. The zero-order chi connectivity index (χ0) is 17.1. The van der Waals surface area contributed by atoms with E-state index in [1.165, 1.54) is 14.0 Å². The summed E-state index contributed by atoms with van der Waals surface area (Å²) in [5, 5.41) is 3.69. The Labute approximate surface area is 139 Å². The first-order chi connectivity index (χ1) is 11.6. The molecule has 0 spiro atoms. The summed E-state index contributed by atoms with van der Waals surface area (Å²) in [6, 6.07) is 13.1. The van der Waals surface area contributed by atoms with Crippen LogP contribution in [-0.2, 0) is 16.1 Å².